The third kappa shape index (κ3) is 3.13. The van der Waals surface area contributed by atoms with E-state index in [9.17, 15) is 4.79 Å². The van der Waals surface area contributed by atoms with Crippen molar-refractivity contribution in [3.05, 3.63) is 69.7 Å². The summed E-state index contributed by atoms with van der Waals surface area (Å²) in [4.78, 5) is 12.4. The fourth-order valence-corrected chi connectivity index (χ4v) is 2.46. The van der Waals surface area contributed by atoms with Crippen LogP contribution in [-0.2, 0) is 0 Å². The number of rotatable bonds is 4. The maximum absolute atomic E-state index is 12.4. The van der Waals surface area contributed by atoms with E-state index in [1.54, 1.807) is 0 Å². The van der Waals surface area contributed by atoms with E-state index >= 15 is 0 Å². The first-order valence-electron chi connectivity index (χ1n) is 6.52. The average Bonchev–Trinajstić information content (AvgIpc) is 2.46. The van der Waals surface area contributed by atoms with Crippen molar-refractivity contribution >= 4 is 21.7 Å². The Morgan fingerprint density at radius 1 is 1.11 bits per heavy atom. The molecule has 2 aromatic rings. The minimum absolute atomic E-state index is 0.0585. The first kappa shape index (κ1) is 14.0. The van der Waals surface area contributed by atoms with Crippen LogP contribution in [0, 0.1) is 0 Å². The SMILES string of the molecule is CCC(C)c1ccc(C(=O)c2ccccc2Br)cc1. The van der Waals surface area contributed by atoms with Gasteiger partial charge in [-0.2, -0.15) is 0 Å². The van der Waals surface area contributed by atoms with Crippen molar-refractivity contribution in [2.45, 2.75) is 26.2 Å². The fourth-order valence-electron chi connectivity index (χ4n) is 2.00. The maximum atomic E-state index is 12.4. The van der Waals surface area contributed by atoms with E-state index < -0.39 is 0 Å². The Morgan fingerprint density at radius 2 is 1.74 bits per heavy atom. The highest BCUT2D eigenvalue weighted by molar-refractivity contribution is 9.10. The van der Waals surface area contributed by atoms with Gasteiger partial charge in [0.15, 0.2) is 5.78 Å². The molecule has 98 valence electrons. The Kier molecular flexibility index (Phi) is 4.54. The van der Waals surface area contributed by atoms with Gasteiger partial charge in [0.05, 0.1) is 0 Å². The lowest BCUT2D eigenvalue weighted by atomic mass is 9.95. The van der Waals surface area contributed by atoms with E-state index in [-0.39, 0.29) is 5.78 Å². The summed E-state index contributed by atoms with van der Waals surface area (Å²) in [7, 11) is 0. The Balaban J connectivity index is 2.28. The molecule has 2 heteroatoms. The van der Waals surface area contributed by atoms with Crippen LogP contribution in [0.25, 0.3) is 0 Å². The second kappa shape index (κ2) is 6.16. The van der Waals surface area contributed by atoms with Crippen LogP contribution in [0.2, 0.25) is 0 Å². The Morgan fingerprint density at radius 3 is 2.32 bits per heavy atom. The molecule has 0 N–H and O–H groups in total. The van der Waals surface area contributed by atoms with Gasteiger partial charge >= 0.3 is 0 Å². The van der Waals surface area contributed by atoms with E-state index in [1.165, 1.54) is 5.56 Å². The normalized spacial score (nSPS) is 12.2. The highest BCUT2D eigenvalue weighted by atomic mass is 79.9. The van der Waals surface area contributed by atoms with E-state index in [4.69, 9.17) is 0 Å². The molecular weight excluding hydrogens is 300 g/mol. The summed E-state index contributed by atoms with van der Waals surface area (Å²) in [5.74, 6) is 0.593. The van der Waals surface area contributed by atoms with Crippen LogP contribution in [0.1, 0.15) is 47.7 Å². The van der Waals surface area contributed by atoms with Gasteiger partial charge in [-0.05, 0) is 30.0 Å². The van der Waals surface area contributed by atoms with Gasteiger partial charge < -0.3 is 0 Å². The van der Waals surface area contributed by atoms with Gasteiger partial charge in [0, 0.05) is 15.6 Å². The van der Waals surface area contributed by atoms with Crippen LogP contribution >= 0.6 is 15.9 Å². The Hall–Kier alpha value is -1.41. The molecule has 0 amide bonds. The molecule has 0 saturated heterocycles. The van der Waals surface area contributed by atoms with Gasteiger partial charge in [-0.25, -0.2) is 0 Å². The van der Waals surface area contributed by atoms with Gasteiger partial charge in [-0.1, -0.05) is 66.2 Å². The lowest BCUT2D eigenvalue weighted by Crippen LogP contribution is -2.02. The third-order valence-electron chi connectivity index (χ3n) is 3.47. The monoisotopic (exact) mass is 316 g/mol. The van der Waals surface area contributed by atoms with Crippen LogP contribution in [-0.4, -0.2) is 5.78 Å². The van der Waals surface area contributed by atoms with Crippen molar-refractivity contribution in [1.29, 1.82) is 0 Å². The molecule has 0 spiro atoms. The predicted octanol–water partition coefficient (Wildman–Crippen LogP) is 5.19. The molecule has 2 aromatic carbocycles. The van der Waals surface area contributed by atoms with Gasteiger partial charge in [-0.15, -0.1) is 0 Å². The highest BCUT2D eigenvalue weighted by Crippen LogP contribution is 2.22. The summed E-state index contributed by atoms with van der Waals surface area (Å²) in [6, 6.07) is 15.5. The molecule has 0 saturated carbocycles. The lowest BCUT2D eigenvalue weighted by Gasteiger charge is -2.09. The number of ketones is 1. The number of carbonyl (C=O) groups is 1. The topological polar surface area (TPSA) is 17.1 Å². The molecule has 0 heterocycles. The zero-order chi connectivity index (χ0) is 13.8. The molecule has 1 unspecified atom stereocenters. The summed E-state index contributed by atoms with van der Waals surface area (Å²) in [5.41, 5.74) is 2.73. The van der Waals surface area contributed by atoms with E-state index in [1.807, 2.05) is 36.4 Å². The Bertz CT molecular complexity index is 572. The van der Waals surface area contributed by atoms with Crippen molar-refractivity contribution in [3.63, 3.8) is 0 Å². The van der Waals surface area contributed by atoms with Crippen molar-refractivity contribution in [2.75, 3.05) is 0 Å². The van der Waals surface area contributed by atoms with Gasteiger partial charge in [-0.3, -0.25) is 4.79 Å². The van der Waals surface area contributed by atoms with Crippen molar-refractivity contribution in [2.24, 2.45) is 0 Å². The van der Waals surface area contributed by atoms with Crippen LogP contribution < -0.4 is 0 Å². The quantitative estimate of drug-likeness (QED) is 0.709. The average molecular weight is 317 g/mol. The summed E-state index contributed by atoms with van der Waals surface area (Å²) in [5, 5.41) is 0. The fraction of sp³-hybridized carbons (Fsp3) is 0.235. The maximum Gasteiger partial charge on any atom is 0.194 e. The second-order valence-electron chi connectivity index (χ2n) is 4.74. The molecular formula is C17H17BrO. The second-order valence-corrected chi connectivity index (χ2v) is 5.59. The first-order chi connectivity index (χ1) is 9.13. The van der Waals surface area contributed by atoms with Gasteiger partial charge in [0.25, 0.3) is 0 Å². The summed E-state index contributed by atoms with van der Waals surface area (Å²) in [6.07, 6.45) is 1.11. The summed E-state index contributed by atoms with van der Waals surface area (Å²) >= 11 is 3.42. The van der Waals surface area contributed by atoms with Gasteiger partial charge in [0.2, 0.25) is 0 Å². The molecule has 0 fully saturated rings. The zero-order valence-corrected chi connectivity index (χ0v) is 12.8. The van der Waals surface area contributed by atoms with Crippen LogP contribution in [0.5, 0.6) is 0 Å². The molecule has 0 aliphatic rings. The number of halogens is 1. The minimum Gasteiger partial charge on any atom is -0.289 e. The van der Waals surface area contributed by atoms with Crippen LogP contribution in [0.15, 0.2) is 53.0 Å². The summed E-state index contributed by atoms with van der Waals surface area (Å²) < 4.78 is 0.839. The number of hydrogen-bond donors (Lipinski definition) is 0. The van der Waals surface area contributed by atoms with Crippen molar-refractivity contribution in [1.82, 2.24) is 0 Å². The molecule has 1 nitrogen and oxygen atoms in total. The van der Waals surface area contributed by atoms with Gasteiger partial charge in [0.1, 0.15) is 0 Å². The standard InChI is InChI=1S/C17H17BrO/c1-3-12(2)13-8-10-14(11-9-13)17(19)15-6-4-5-7-16(15)18/h4-12H,3H2,1-2H3. The largest absolute Gasteiger partial charge is 0.289 e. The predicted molar refractivity (Wildman–Crippen MR) is 82.7 cm³/mol. The van der Waals surface area contributed by atoms with Crippen molar-refractivity contribution in [3.8, 4) is 0 Å². The van der Waals surface area contributed by atoms with E-state index in [0.29, 0.717) is 11.5 Å². The molecule has 19 heavy (non-hydrogen) atoms. The molecule has 0 aromatic heterocycles. The molecule has 1 atom stereocenters. The summed E-state index contributed by atoms with van der Waals surface area (Å²) in [6.45, 7) is 4.37. The highest BCUT2D eigenvalue weighted by Gasteiger charge is 2.12. The number of carbonyl (C=O) groups excluding carboxylic acids is 1. The Labute approximate surface area is 122 Å². The molecule has 0 aliphatic heterocycles. The number of benzene rings is 2. The third-order valence-corrected chi connectivity index (χ3v) is 4.16. The van der Waals surface area contributed by atoms with Crippen LogP contribution in [0.4, 0.5) is 0 Å². The smallest absolute Gasteiger partial charge is 0.194 e. The van der Waals surface area contributed by atoms with Crippen LogP contribution in [0.3, 0.4) is 0 Å². The molecule has 0 bridgehead atoms. The zero-order valence-electron chi connectivity index (χ0n) is 11.2. The van der Waals surface area contributed by atoms with E-state index in [2.05, 4.69) is 41.9 Å². The number of hydrogen-bond acceptors (Lipinski definition) is 1. The molecule has 0 aliphatic carbocycles. The van der Waals surface area contributed by atoms with E-state index in [0.717, 1.165) is 16.5 Å². The minimum atomic E-state index is 0.0585. The first-order valence-corrected chi connectivity index (χ1v) is 7.32. The van der Waals surface area contributed by atoms with Crippen molar-refractivity contribution < 1.29 is 4.79 Å². The lowest BCUT2D eigenvalue weighted by molar-refractivity contribution is 0.103. The molecule has 0 radical (unpaired) electrons. The molecule has 2 rings (SSSR count).